The van der Waals surface area contributed by atoms with E-state index in [-0.39, 0.29) is 19.8 Å². The molecule has 0 aromatic carbocycles. The third-order valence-corrected chi connectivity index (χ3v) is 2.00. The molecule has 3 N–H and O–H groups in total. The molecule has 0 unspecified atom stereocenters. The van der Waals surface area contributed by atoms with Gasteiger partial charge in [0, 0.05) is 20.8 Å². The van der Waals surface area contributed by atoms with Gasteiger partial charge in [0.05, 0.1) is 18.6 Å². The highest BCUT2D eigenvalue weighted by molar-refractivity contribution is 4.77. The van der Waals surface area contributed by atoms with E-state index in [1.165, 1.54) is 0 Å². The first-order valence-electron chi connectivity index (χ1n) is 7.73. The molecule has 0 aliphatic heterocycles. The van der Waals surface area contributed by atoms with Gasteiger partial charge < -0.3 is 39.4 Å². The molecule has 0 aromatic rings. The number of aliphatic hydroxyl groups is 3. The molecule has 0 aliphatic carbocycles. The van der Waals surface area contributed by atoms with Crippen molar-refractivity contribution in [3.8, 4) is 0 Å². The number of rotatable bonds is 13. The highest BCUT2D eigenvalue weighted by Crippen LogP contribution is 2.21. The fourth-order valence-electron chi connectivity index (χ4n) is 1.01. The van der Waals surface area contributed by atoms with E-state index in [0.29, 0.717) is 0 Å². The van der Waals surface area contributed by atoms with Crippen molar-refractivity contribution in [2.75, 3.05) is 60.5 Å². The molecule has 20 nitrogen and oxygen atoms in total. The lowest BCUT2D eigenvalue weighted by Crippen LogP contribution is -2.43. The number of hydrogen-bond donors (Lipinski definition) is 3. The number of nitrogens with zero attached hydrogens (tertiary/aromatic N) is 4. The molecule has 0 fully saturated rings. The molecule has 0 bridgehead atoms. The maximum absolute atomic E-state index is 10.1. The second-order valence-corrected chi connectivity index (χ2v) is 4.66. The molecule has 20 heteroatoms. The van der Waals surface area contributed by atoms with Crippen molar-refractivity contribution in [1.82, 2.24) is 0 Å². The summed E-state index contributed by atoms with van der Waals surface area (Å²) in [6, 6.07) is 0. The average molecular weight is 470 g/mol. The minimum atomic E-state index is -2.03. The van der Waals surface area contributed by atoms with E-state index in [4.69, 9.17) is 15.3 Å². The summed E-state index contributed by atoms with van der Waals surface area (Å²) in [5.41, 5.74) is -2.03. The van der Waals surface area contributed by atoms with Crippen LogP contribution in [-0.2, 0) is 24.1 Å². The summed E-state index contributed by atoms with van der Waals surface area (Å²) in [6.07, 6.45) is 0. The van der Waals surface area contributed by atoms with Crippen molar-refractivity contribution in [3.63, 3.8) is 0 Å². The molecule has 0 saturated heterocycles. The summed E-state index contributed by atoms with van der Waals surface area (Å²) >= 11 is 0. The van der Waals surface area contributed by atoms with Gasteiger partial charge in [-0.2, -0.15) is 0 Å². The van der Waals surface area contributed by atoms with Gasteiger partial charge in [-0.3, -0.25) is 0 Å². The maximum Gasteiger partial charge on any atom is 0.294 e. The van der Waals surface area contributed by atoms with Crippen LogP contribution in [0, 0.1) is 45.9 Å². The molecule has 0 atom stereocenters. The van der Waals surface area contributed by atoms with Crippen molar-refractivity contribution in [2.45, 2.75) is 6.92 Å². The molecule has 0 radical (unpaired) electrons. The van der Waals surface area contributed by atoms with Crippen LogP contribution in [0.1, 0.15) is 6.92 Å². The lowest BCUT2D eigenvalue weighted by molar-refractivity contribution is -0.792. The predicted molar refractivity (Wildman–Crippen MR) is 94.1 cm³/mol. The molecule has 0 saturated carbocycles. The second-order valence-electron chi connectivity index (χ2n) is 4.66. The number of aliphatic hydroxyl groups excluding tert-OH is 3. The van der Waals surface area contributed by atoms with Crippen molar-refractivity contribution in [3.05, 3.63) is 40.5 Å². The normalized spacial score (nSPS) is 9.10. The fraction of sp³-hybridized carbons (Fsp3) is 1.00. The summed E-state index contributed by atoms with van der Waals surface area (Å²) in [5.74, 6) is 0. The first-order valence-corrected chi connectivity index (χ1v) is 7.73. The van der Waals surface area contributed by atoms with Crippen LogP contribution in [0.25, 0.3) is 0 Å². The monoisotopic (exact) mass is 470 g/mol. The molecule has 0 aliphatic rings. The molecule has 0 aromatic heterocycles. The third kappa shape index (κ3) is 34.5. The van der Waals surface area contributed by atoms with Crippen molar-refractivity contribution >= 4 is 0 Å². The van der Waals surface area contributed by atoms with Gasteiger partial charge in [0.25, 0.3) is 20.3 Å². The molecule has 31 heavy (non-hydrogen) atoms. The van der Waals surface area contributed by atoms with Crippen LogP contribution in [0.5, 0.6) is 0 Å². The minimum absolute atomic E-state index is 0.125. The molecule has 0 amide bonds. The van der Waals surface area contributed by atoms with E-state index in [1.54, 1.807) is 21.1 Å². The zero-order chi connectivity index (χ0) is 25.3. The van der Waals surface area contributed by atoms with Crippen LogP contribution in [0.15, 0.2) is 0 Å². The standard InChI is InChI=1S/C5H8N4O12.C2H6O2.2C2H6O/c10-6(11)18-1-5(2-19-7(12)13,3-20-8(14)15)4-21-9(16)17;3-1-2-4;1-3-2;1-2-3/h1-4H2;3-4H,1-2H2;1-2H3;3H,2H2,1H3. The molecule has 0 spiro atoms. The van der Waals surface area contributed by atoms with E-state index >= 15 is 0 Å². The van der Waals surface area contributed by atoms with E-state index < -0.39 is 52.2 Å². The van der Waals surface area contributed by atoms with Gasteiger partial charge >= 0.3 is 0 Å². The van der Waals surface area contributed by atoms with E-state index in [0.717, 1.165) is 0 Å². The van der Waals surface area contributed by atoms with Gasteiger partial charge in [0.15, 0.2) is 0 Å². The molecular weight excluding hydrogens is 444 g/mol. The predicted octanol–water partition coefficient (Wildman–Crippen LogP) is -1.96. The molecular formula is C11H26N4O16. The lowest BCUT2D eigenvalue weighted by atomic mass is 9.92. The smallest absolute Gasteiger partial charge is 0.294 e. The Morgan fingerprint density at radius 1 is 0.645 bits per heavy atom. The highest BCUT2D eigenvalue weighted by Gasteiger charge is 2.37. The quantitative estimate of drug-likeness (QED) is 0.194. The highest BCUT2D eigenvalue weighted by atomic mass is 17.0. The Labute approximate surface area is 174 Å². The minimum Gasteiger partial charge on any atom is -0.397 e. The third-order valence-electron chi connectivity index (χ3n) is 2.00. The Morgan fingerprint density at radius 3 is 0.903 bits per heavy atom. The summed E-state index contributed by atoms with van der Waals surface area (Å²) in [6.45, 7) is -2.45. The summed E-state index contributed by atoms with van der Waals surface area (Å²) in [4.78, 5) is 56.2. The second kappa shape index (κ2) is 24.7. The molecule has 186 valence electrons. The Balaban J connectivity index is -0.000000304. The van der Waals surface area contributed by atoms with Crippen LogP contribution < -0.4 is 0 Å². The number of hydrogen-bond acceptors (Lipinski definition) is 16. The zero-order valence-corrected chi connectivity index (χ0v) is 16.9. The summed E-state index contributed by atoms with van der Waals surface area (Å²) < 4.78 is 4.25. The van der Waals surface area contributed by atoms with Crippen molar-refractivity contribution in [2.24, 2.45) is 5.41 Å². The van der Waals surface area contributed by atoms with Gasteiger partial charge in [-0.25, -0.2) is 0 Å². The SMILES string of the molecule is CCO.COC.O=[N+]([O-])OCC(CO[N+](=O)[O-])(CO[N+](=O)[O-])CO[N+](=O)[O-].OCCO. The van der Waals surface area contributed by atoms with Crippen molar-refractivity contribution in [1.29, 1.82) is 0 Å². The van der Waals surface area contributed by atoms with E-state index in [9.17, 15) is 40.5 Å². The van der Waals surface area contributed by atoms with Gasteiger partial charge in [-0.1, -0.05) is 0 Å². The maximum atomic E-state index is 10.1. The van der Waals surface area contributed by atoms with Crippen LogP contribution in [0.4, 0.5) is 0 Å². The summed E-state index contributed by atoms with van der Waals surface area (Å²) in [5, 5.41) is 58.1. The van der Waals surface area contributed by atoms with Gasteiger partial charge in [0.2, 0.25) is 0 Å². The topological polar surface area (TPSA) is 279 Å². The van der Waals surface area contributed by atoms with E-state index in [1.807, 2.05) is 0 Å². The summed E-state index contributed by atoms with van der Waals surface area (Å²) in [7, 11) is 3.25. The van der Waals surface area contributed by atoms with Gasteiger partial charge in [-0.15, -0.1) is 40.5 Å². The van der Waals surface area contributed by atoms with E-state index in [2.05, 4.69) is 24.1 Å². The first kappa shape index (κ1) is 35.1. The van der Waals surface area contributed by atoms with Crippen LogP contribution in [0.2, 0.25) is 0 Å². The number of methoxy groups -OCH3 is 1. The molecule has 0 rings (SSSR count). The first-order chi connectivity index (χ1) is 14.4. The van der Waals surface area contributed by atoms with Crippen LogP contribution in [0.3, 0.4) is 0 Å². The largest absolute Gasteiger partial charge is 0.397 e. The number of ether oxygens (including phenoxy) is 1. The van der Waals surface area contributed by atoms with Gasteiger partial charge in [-0.05, 0) is 6.92 Å². The average Bonchev–Trinajstić information content (AvgIpc) is 2.68. The lowest BCUT2D eigenvalue weighted by Gasteiger charge is -2.28. The Kier molecular flexibility index (Phi) is 27.9. The van der Waals surface area contributed by atoms with Gasteiger partial charge in [0.1, 0.15) is 26.4 Å². The zero-order valence-electron chi connectivity index (χ0n) is 16.9. The molecule has 0 heterocycles. The van der Waals surface area contributed by atoms with Crippen molar-refractivity contribution < 1.29 is 59.8 Å². The Hall–Kier alpha value is -3.36. The van der Waals surface area contributed by atoms with Crippen LogP contribution in [-0.4, -0.2) is 96.1 Å². The fourth-order valence-corrected chi connectivity index (χ4v) is 1.01. The Morgan fingerprint density at radius 2 is 0.806 bits per heavy atom. The Bertz CT molecular complexity index is 397. The van der Waals surface area contributed by atoms with Crippen LogP contribution >= 0.6 is 0 Å².